The Morgan fingerprint density at radius 1 is 1.10 bits per heavy atom. The van der Waals surface area contributed by atoms with Crippen LogP contribution in [0.1, 0.15) is 103 Å². The number of pyridine rings is 1. The first-order valence-electron chi connectivity index (χ1n) is 17.6. The summed E-state index contributed by atoms with van der Waals surface area (Å²) in [5.74, 6) is -0.335. The second-order valence-electron chi connectivity index (χ2n) is 15.1. The Bertz CT molecular complexity index is 2000. The SMILES string of the molecule is COc1ccccc1C1C[C@H]2CC[C@@H](C1)N2C(=O)c1cc2c(-c3cc(F)c4c(c3C)CCCO4)c([C@H](OC(C)(C)C)C(=O)O)c(C)nc2n1C. The topological polar surface area (TPSA) is 103 Å². The van der Waals surface area contributed by atoms with Gasteiger partial charge in [0.2, 0.25) is 0 Å². The number of ether oxygens (including phenoxy) is 3. The predicted molar refractivity (Wildman–Crippen MR) is 189 cm³/mol. The number of carboxylic acids is 1. The number of hydrogen-bond acceptors (Lipinski definition) is 6. The van der Waals surface area contributed by atoms with Crippen LogP contribution in [0.25, 0.3) is 22.2 Å². The minimum atomic E-state index is -1.39. The lowest BCUT2D eigenvalue weighted by molar-refractivity contribution is -0.160. The van der Waals surface area contributed by atoms with Gasteiger partial charge in [-0.1, -0.05) is 18.2 Å². The summed E-state index contributed by atoms with van der Waals surface area (Å²) in [7, 11) is 3.52. The number of aromatic nitrogens is 2. The molecule has 3 aliphatic rings. The van der Waals surface area contributed by atoms with Crippen LogP contribution in [0.15, 0.2) is 36.4 Å². The normalized spacial score (nSPS) is 20.8. The standard InChI is InChI=1S/C40H46FN3O6/c1-21-26-12-10-16-49-35(26)30(41)19-28(21)34-29-20-31(43(6)37(29)42-22(2)33(34)36(39(46)47)50-40(3,4)5)38(45)44-24-14-15-25(44)18-23(17-24)27-11-8-9-13-32(27)48-7/h8-9,11,13,19-20,23-25,36H,10,12,14-18H2,1-7H3,(H,46,47)/t23?,24-,25+,36-/m0/s1. The van der Waals surface area contributed by atoms with E-state index in [1.54, 1.807) is 39.4 Å². The van der Waals surface area contributed by atoms with Crippen LogP contribution < -0.4 is 9.47 Å². The zero-order chi connectivity index (χ0) is 35.6. The van der Waals surface area contributed by atoms with Gasteiger partial charge in [-0.15, -0.1) is 0 Å². The number of methoxy groups -OCH3 is 1. The average molecular weight is 684 g/mol. The molecule has 7 rings (SSSR count). The van der Waals surface area contributed by atoms with Gasteiger partial charge < -0.3 is 28.8 Å². The number of carboxylic acid groups (broad SMARTS) is 1. The Balaban J connectivity index is 1.38. The van der Waals surface area contributed by atoms with Crippen molar-refractivity contribution in [2.24, 2.45) is 7.05 Å². The van der Waals surface area contributed by atoms with Crippen molar-refractivity contribution >= 4 is 22.9 Å². The Kier molecular flexibility index (Phi) is 8.65. The van der Waals surface area contributed by atoms with E-state index in [-0.39, 0.29) is 23.7 Å². The fourth-order valence-corrected chi connectivity index (χ4v) is 8.68. The van der Waals surface area contributed by atoms with E-state index in [1.165, 1.54) is 11.6 Å². The van der Waals surface area contributed by atoms with Crippen LogP contribution in [-0.4, -0.2) is 62.8 Å². The summed E-state index contributed by atoms with van der Waals surface area (Å²) >= 11 is 0. The van der Waals surface area contributed by atoms with Crippen molar-refractivity contribution in [2.45, 2.75) is 103 Å². The molecule has 5 heterocycles. The quantitative estimate of drug-likeness (QED) is 0.212. The van der Waals surface area contributed by atoms with Crippen LogP contribution in [0.2, 0.25) is 0 Å². The van der Waals surface area contributed by atoms with Crippen LogP contribution >= 0.6 is 0 Å². The molecule has 4 atom stereocenters. The third-order valence-electron chi connectivity index (χ3n) is 10.8. The van der Waals surface area contributed by atoms with Gasteiger partial charge in [-0.25, -0.2) is 14.2 Å². The highest BCUT2D eigenvalue weighted by atomic mass is 19.1. The summed E-state index contributed by atoms with van der Waals surface area (Å²) in [6.45, 7) is 9.52. The highest BCUT2D eigenvalue weighted by molar-refractivity contribution is 6.05. The number of carbonyl (C=O) groups excluding carboxylic acids is 1. The van der Waals surface area contributed by atoms with E-state index in [1.807, 2.05) is 38.2 Å². The van der Waals surface area contributed by atoms with E-state index in [4.69, 9.17) is 19.2 Å². The van der Waals surface area contributed by atoms with Crippen molar-refractivity contribution in [3.05, 3.63) is 75.9 Å². The maximum absolute atomic E-state index is 15.8. The smallest absolute Gasteiger partial charge is 0.337 e. The second kappa shape index (κ2) is 12.7. The summed E-state index contributed by atoms with van der Waals surface area (Å²) in [5.41, 5.74) is 4.78. The molecule has 0 saturated carbocycles. The molecular weight excluding hydrogens is 637 g/mol. The molecule has 2 aromatic heterocycles. The Labute approximate surface area is 292 Å². The number of piperidine rings is 1. The second-order valence-corrected chi connectivity index (χ2v) is 15.1. The largest absolute Gasteiger partial charge is 0.496 e. The maximum atomic E-state index is 15.8. The van der Waals surface area contributed by atoms with E-state index >= 15 is 4.39 Å². The Hall–Kier alpha value is -4.44. The molecule has 0 aliphatic carbocycles. The zero-order valence-electron chi connectivity index (χ0n) is 29.9. The molecule has 1 N–H and O–H groups in total. The number of halogens is 1. The van der Waals surface area contributed by atoms with E-state index in [9.17, 15) is 14.7 Å². The first kappa shape index (κ1) is 34.0. The number of amides is 1. The number of hydrogen-bond donors (Lipinski definition) is 1. The molecule has 50 heavy (non-hydrogen) atoms. The number of rotatable bonds is 7. The molecule has 2 saturated heterocycles. The number of aryl methyl sites for hydroxylation is 2. The van der Waals surface area contributed by atoms with Crippen molar-refractivity contribution in [1.29, 1.82) is 0 Å². The molecule has 2 aromatic carbocycles. The first-order chi connectivity index (χ1) is 23.8. The molecule has 2 bridgehead atoms. The monoisotopic (exact) mass is 683 g/mol. The van der Waals surface area contributed by atoms with Gasteiger partial charge in [0.1, 0.15) is 17.1 Å². The van der Waals surface area contributed by atoms with Gasteiger partial charge in [0.25, 0.3) is 5.91 Å². The summed E-state index contributed by atoms with van der Waals surface area (Å²) in [4.78, 5) is 34.6. The molecule has 9 nitrogen and oxygen atoms in total. The van der Waals surface area contributed by atoms with Crippen LogP contribution in [-0.2, 0) is 23.0 Å². The van der Waals surface area contributed by atoms with Crippen LogP contribution in [0.3, 0.4) is 0 Å². The first-order valence-corrected chi connectivity index (χ1v) is 17.6. The van der Waals surface area contributed by atoms with Crippen molar-refractivity contribution in [2.75, 3.05) is 13.7 Å². The number of fused-ring (bicyclic) bond motifs is 4. The van der Waals surface area contributed by atoms with Crippen molar-refractivity contribution in [1.82, 2.24) is 14.5 Å². The lowest BCUT2D eigenvalue weighted by Crippen LogP contribution is -2.46. The number of nitrogens with zero attached hydrogens (tertiary/aromatic N) is 3. The highest BCUT2D eigenvalue weighted by Crippen LogP contribution is 2.48. The van der Waals surface area contributed by atoms with Crippen LogP contribution in [0, 0.1) is 19.7 Å². The molecule has 10 heteroatoms. The van der Waals surface area contributed by atoms with Gasteiger partial charge in [-0.3, -0.25) is 4.79 Å². The predicted octanol–water partition coefficient (Wildman–Crippen LogP) is 7.82. The fourth-order valence-electron chi connectivity index (χ4n) is 8.68. The number of carbonyl (C=O) groups is 2. The molecule has 1 amide bonds. The lowest BCUT2D eigenvalue weighted by atomic mass is 9.84. The van der Waals surface area contributed by atoms with Crippen molar-refractivity contribution in [3.63, 3.8) is 0 Å². The maximum Gasteiger partial charge on any atom is 0.337 e. The average Bonchev–Trinajstić information content (AvgIpc) is 3.55. The molecule has 0 radical (unpaired) electrons. The minimum Gasteiger partial charge on any atom is -0.496 e. The van der Waals surface area contributed by atoms with E-state index in [0.29, 0.717) is 58.1 Å². The highest BCUT2D eigenvalue weighted by Gasteiger charge is 2.45. The molecule has 0 spiro atoms. The number of benzene rings is 2. The third kappa shape index (κ3) is 5.71. The van der Waals surface area contributed by atoms with Gasteiger partial charge >= 0.3 is 5.97 Å². The Morgan fingerprint density at radius 3 is 2.46 bits per heavy atom. The number of para-hydroxylation sites is 1. The molecule has 264 valence electrons. The Morgan fingerprint density at radius 2 is 1.80 bits per heavy atom. The third-order valence-corrected chi connectivity index (χ3v) is 10.8. The van der Waals surface area contributed by atoms with Crippen LogP contribution in [0.5, 0.6) is 11.5 Å². The summed E-state index contributed by atoms with van der Waals surface area (Å²) < 4.78 is 35.3. The summed E-state index contributed by atoms with van der Waals surface area (Å²) in [5, 5.41) is 11.2. The number of aliphatic carboxylic acids is 1. The van der Waals surface area contributed by atoms with E-state index < -0.39 is 23.5 Å². The zero-order valence-corrected chi connectivity index (χ0v) is 29.9. The fraction of sp³-hybridized carbons (Fsp3) is 0.475. The lowest BCUT2D eigenvalue weighted by Gasteiger charge is -2.39. The van der Waals surface area contributed by atoms with Gasteiger partial charge in [0, 0.05) is 46.9 Å². The van der Waals surface area contributed by atoms with Crippen LogP contribution in [0.4, 0.5) is 4.39 Å². The van der Waals surface area contributed by atoms with Gasteiger partial charge in [-0.2, -0.15) is 0 Å². The molecule has 4 aromatic rings. The van der Waals surface area contributed by atoms with E-state index in [2.05, 4.69) is 11.0 Å². The molecular formula is C40H46FN3O6. The molecule has 2 fully saturated rings. The van der Waals surface area contributed by atoms with Crippen molar-refractivity contribution in [3.8, 4) is 22.6 Å². The van der Waals surface area contributed by atoms with E-state index in [0.717, 1.165) is 49.0 Å². The molecule has 3 aliphatic heterocycles. The summed E-state index contributed by atoms with van der Waals surface area (Å²) in [6, 6.07) is 11.5. The summed E-state index contributed by atoms with van der Waals surface area (Å²) in [6.07, 6.45) is 3.55. The van der Waals surface area contributed by atoms with Gasteiger partial charge in [0.05, 0.1) is 19.3 Å². The minimum absolute atomic E-state index is 0.0764. The van der Waals surface area contributed by atoms with Crippen molar-refractivity contribution < 1.29 is 33.3 Å². The van der Waals surface area contributed by atoms with Gasteiger partial charge in [0.15, 0.2) is 17.7 Å². The van der Waals surface area contributed by atoms with Gasteiger partial charge in [-0.05, 0) is 114 Å². The molecule has 1 unspecified atom stereocenters.